The number of rotatable bonds is 14. The smallest absolute Gasteiger partial charge is 0.0786 e. The molecule has 0 aliphatic carbocycles. The lowest BCUT2D eigenvalue weighted by atomic mass is 10.1. The van der Waals surface area contributed by atoms with Crippen molar-refractivity contribution in [2.24, 2.45) is 0 Å². The van der Waals surface area contributed by atoms with Crippen LogP contribution in [0.25, 0.3) is 0 Å². The predicted octanol–water partition coefficient (Wildman–Crippen LogP) is 2.77. The van der Waals surface area contributed by atoms with Gasteiger partial charge in [-0.2, -0.15) is 0 Å². The van der Waals surface area contributed by atoms with E-state index in [0.29, 0.717) is 0 Å². The van der Waals surface area contributed by atoms with E-state index in [1.165, 1.54) is 93.8 Å². The molecule has 0 fully saturated rings. The second-order valence-electron chi connectivity index (χ2n) is 6.05. The van der Waals surface area contributed by atoms with E-state index in [2.05, 4.69) is 36.7 Å². The average Bonchev–Trinajstić information content (AvgIpc) is 2.43. The Balaban J connectivity index is 0. The fourth-order valence-corrected chi connectivity index (χ4v) is 3.29. The van der Waals surface area contributed by atoms with Crippen LogP contribution >= 0.6 is 15.9 Å². The lowest BCUT2D eigenvalue weighted by Gasteiger charge is -2.39. The Morgan fingerprint density at radius 3 is 1.40 bits per heavy atom. The molecule has 0 saturated carbocycles. The summed E-state index contributed by atoms with van der Waals surface area (Å²) in [5.41, 5.74) is 0. The van der Waals surface area contributed by atoms with Crippen molar-refractivity contribution in [3.05, 3.63) is 0 Å². The van der Waals surface area contributed by atoms with Crippen LogP contribution in [-0.2, 0) is 0 Å². The van der Waals surface area contributed by atoms with Gasteiger partial charge < -0.3 is 28.5 Å². The monoisotopic (exact) mass is 461 g/mol. The number of unbranched alkanes of at least 4 members (excludes halogenated alkanes) is 5. The van der Waals surface area contributed by atoms with Gasteiger partial charge in [0.2, 0.25) is 0 Å². The molecule has 1 nitrogen and oxygen atoms in total. The van der Waals surface area contributed by atoms with Crippen molar-refractivity contribution in [3.63, 3.8) is 0 Å². The van der Waals surface area contributed by atoms with Gasteiger partial charge in [0.15, 0.2) is 0 Å². The summed E-state index contributed by atoms with van der Waals surface area (Å²) in [5, 5.41) is 1.17. The van der Waals surface area contributed by atoms with Gasteiger partial charge in [0, 0.05) is 5.33 Å². The van der Waals surface area contributed by atoms with Gasteiger partial charge in [0.1, 0.15) is 0 Å². The summed E-state index contributed by atoms with van der Waals surface area (Å²) >= 11 is 3.58. The number of halogens is 2. The summed E-state index contributed by atoms with van der Waals surface area (Å²) in [6.45, 7) is 12.7. The SMILES string of the molecule is CCCCC[N+](CCCC)(CCCC)CCCCBr.[I-]. The second-order valence-corrected chi connectivity index (χ2v) is 6.84. The Morgan fingerprint density at radius 1 is 0.600 bits per heavy atom. The van der Waals surface area contributed by atoms with Gasteiger partial charge in [-0.1, -0.05) is 56.0 Å². The Labute approximate surface area is 154 Å². The first-order valence-corrected chi connectivity index (χ1v) is 9.77. The molecule has 0 saturated heterocycles. The summed E-state index contributed by atoms with van der Waals surface area (Å²) in [5.74, 6) is 0. The summed E-state index contributed by atoms with van der Waals surface area (Å²) < 4.78 is 1.41. The van der Waals surface area contributed by atoms with Gasteiger partial charge >= 0.3 is 0 Å². The van der Waals surface area contributed by atoms with Crippen LogP contribution in [0.5, 0.6) is 0 Å². The van der Waals surface area contributed by atoms with E-state index in [-0.39, 0.29) is 24.0 Å². The molecule has 124 valence electrons. The normalized spacial score (nSPS) is 11.4. The molecule has 0 radical (unpaired) electrons. The minimum absolute atomic E-state index is 0. The van der Waals surface area contributed by atoms with Gasteiger partial charge in [-0.25, -0.2) is 0 Å². The number of hydrogen-bond donors (Lipinski definition) is 0. The van der Waals surface area contributed by atoms with Crippen LogP contribution in [0.2, 0.25) is 0 Å². The first-order chi connectivity index (χ1) is 9.24. The Morgan fingerprint density at radius 2 is 1.00 bits per heavy atom. The van der Waals surface area contributed by atoms with Gasteiger partial charge in [0.25, 0.3) is 0 Å². The highest BCUT2D eigenvalue weighted by atomic mass is 127. The average molecular weight is 462 g/mol. The molecule has 0 rings (SSSR count). The van der Waals surface area contributed by atoms with Crippen LogP contribution in [0.15, 0.2) is 0 Å². The molecule has 0 aromatic carbocycles. The molecule has 3 heteroatoms. The number of hydrogen-bond acceptors (Lipinski definition) is 0. The van der Waals surface area contributed by atoms with Crippen molar-refractivity contribution in [3.8, 4) is 0 Å². The third kappa shape index (κ3) is 11.8. The van der Waals surface area contributed by atoms with Crippen molar-refractivity contribution >= 4 is 15.9 Å². The predicted molar refractivity (Wildman–Crippen MR) is 92.1 cm³/mol. The number of alkyl halides is 1. The summed E-state index contributed by atoms with van der Waals surface area (Å²) in [6.07, 6.45) is 12.4. The Kier molecular flexibility index (Phi) is 19.4. The maximum absolute atomic E-state index is 3.58. The van der Waals surface area contributed by atoms with Crippen molar-refractivity contribution in [2.45, 2.75) is 78.6 Å². The van der Waals surface area contributed by atoms with Crippen molar-refractivity contribution < 1.29 is 28.5 Å². The van der Waals surface area contributed by atoms with Crippen LogP contribution in [0.1, 0.15) is 78.6 Å². The van der Waals surface area contributed by atoms with Crippen LogP contribution in [0.3, 0.4) is 0 Å². The largest absolute Gasteiger partial charge is 1.00 e. The van der Waals surface area contributed by atoms with E-state index in [9.17, 15) is 0 Å². The third-order valence-electron chi connectivity index (χ3n) is 4.22. The molecule has 20 heavy (non-hydrogen) atoms. The molecule has 0 heterocycles. The minimum Gasteiger partial charge on any atom is -1.00 e. The molecule has 0 atom stereocenters. The zero-order valence-corrected chi connectivity index (χ0v) is 17.8. The van der Waals surface area contributed by atoms with Crippen LogP contribution in [-0.4, -0.2) is 36.0 Å². The minimum atomic E-state index is 0. The third-order valence-corrected chi connectivity index (χ3v) is 4.78. The van der Waals surface area contributed by atoms with E-state index in [1.54, 1.807) is 0 Å². The highest BCUT2D eigenvalue weighted by molar-refractivity contribution is 9.09. The zero-order chi connectivity index (χ0) is 14.4. The molecule has 0 aromatic rings. The fraction of sp³-hybridized carbons (Fsp3) is 1.00. The van der Waals surface area contributed by atoms with E-state index >= 15 is 0 Å². The molecule has 0 bridgehead atoms. The van der Waals surface area contributed by atoms with E-state index in [4.69, 9.17) is 0 Å². The summed E-state index contributed by atoms with van der Waals surface area (Å²) in [6, 6.07) is 0. The van der Waals surface area contributed by atoms with Crippen molar-refractivity contribution in [2.75, 3.05) is 31.5 Å². The lowest BCUT2D eigenvalue weighted by molar-refractivity contribution is -0.929. The molecular weight excluding hydrogens is 425 g/mol. The molecule has 0 aliphatic heterocycles. The highest BCUT2D eigenvalue weighted by Gasteiger charge is 2.25. The maximum Gasteiger partial charge on any atom is 0.0786 e. The zero-order valence-electron chi connectivity index (χ0n) is 14.1. The standard InChI is InChI=1S/C17H37BrN.HI/c1-4-7-11-16-19(14-8-5-2,15-9-6-3)17-12-10-13-18;/h4-17H2,1-3H3;1H/q+1;/p-1. The molecule has 0 unspecified atom stereocenters. The summed E-state index contributed by atoms with van der Waals surface area (Å²) in [4.78, 5) is 0. The van der Waals surface area contributed by atoms with Crippen molar-refractivity contribution in [1.29, 1.82) is 0 Å². The van der Waals surface area contributed by atoms with E-state index < -0.39 is 0 Å². The molecule has 0 spiro atoms. The van der Waals surface area contributed by atoms with E-state index in [0.717, 1.165) is 0 Å². The van der Waals surface area contributed by atoms with Crippen LogP contribution < -0.4 is 24.0 Å². The molecule has 0 aromatic heterocycles. The fourth-order valence-electron chi connectivity index (χ4n) is 2.90. The quantitative estimate of drug-likeness (QED) is 0.161. The first-order valence-electron chi connectivity index (χ1n) is 8.65. The van der Waals surface area contributed by atoms with Crippen LogP contribution in [0.4, 0.5) is 0 Å². The maximum atomic E-state index is 3.58. The van der Waals surface area contributed by atoms with Crippen LogP contribution in [0, 0.1) is 0 Å². The number of quaternary nitrogens is 1. The molecule has 0 N–H and O–H groups in total. The van der Waals surface area contributed by atoms with Gasteiger partial charge in [-0.15, -0.1) is 0 Å². The van der Waals surface area contributed by atoms with E-state index in [1.807, 2.05) is 0 Å². The Bertz CT molecular complexity index is 168. The molecular formula is C17H37BrIN. The second kappa shape index (κ2) is 16.5. The first kappa shape index (κ1) is 23.4. The van der Waals surface area contributed by atoms with Gasteiger partial charge in [0.05, 0.1) is 26.2 Å². The van der Waals surface area contributed by atoms with Gasteiger partial charge in [-0.05, 0) is 38.5 Å². The molecule has 0 aliphatic rings. The lowest BCUT2D eigenvalue weighted by Crippen LogP contribution is -3.00. The van der Waals surface area contributed by atoms with Gasteiger partial charge in [-0.3, -0.25) is 0 Å². The van der Waals surface area contributed by atoms with Crippen molar-refractivity contribution in [1.82, 2.24) is 0 Å². The summed E-state index contributed by atoms with van der Waals surface area (Å²) in [7, 11) is 0. The highest BCUT2D eigenvalue weighted by Crippen LogP contribution is 2.17. The number of nitrogens with zero attached hydrogens (tertiary/aromatic N) is 1. The molecule has 0 amide bonds. The Hall–Kier alpha value is 1.17. The topological polar surface area (TPSA) is 0 Å².